The Morgan fingerprint density at radius 3 is 2.76 bits per heavy atom. The van der Waals surface area contributed by atoms with E-state index < -0.39 is 0 Å². The highest BCUT2D eigenvalue weighted by Crippen LogP contribution is 2.15. The van der Waals surface area contributed by atoms with Crippen molar-refractivity contribution in [3.05, 3.63) is 29.3 Å². The Hall–Kier alpha value is -1.66. The summed E-state index contributed by atoms with van der Waals surface area (Å²) >= 11 is 4.98. The van der Waals surface area contributed by atoms with Gasteiger partial charge in [0.2, 0.25) is 5.91 Å². The van der Waals surface area contributed by atoms with E-state index in [4.69, 9.17) is 22.7 Å². The number of nitrogens with one attached hydrogen (secondary N) is 1. The lowest BCUT2D eigenvalue weighted by Crippen LogP contribution is -2.41. The molecule has 0 aromatic heterocycles. The smallest absolute Gasteiger partial charge is 0.224 e. The van der Waals surface area contributed by atoms with Crippen molar-refractivity contribution in [3.8, 4) is 0 Å². The van der Waals surface area contributed by atoms with Crippen LogP contribution in [0.25, 0.3) is 0 Å². The van der Waals surface area contributed by atoms with Gasteiger partial charge in [-0.15, -0.1) is 0 Å². The van der Waals surface area contributed by atoms with Gasteiger partial charge >= 0.3 is 0 Å². The van der Waals surface area contributed by atoms with Gasteiger partial charge in [0.25, 0.3) is 0 Å². The zero-order valence-electron chi connectivity index (χ0n) is 12.2. The van der Waals surface area contributed by atoms with Crippen LogP contribution in [0.1, 0.15) is 17.5 Å². The lowest BCUT2D eigenvalue weighted by atomic mass is 10.1. The molecule has 1 aliphatic heterocycles. The van der Waals surface area contributed by atoms with E-state index in [1.165, 1.54) is 0 Å². The molecule has 0 spiro atoms. The molecule has 0 saturated carbocycles. The molecular weight excluding hydrogens is 286 g/mol. The van der Waals surface area contributed by atoms with Crippen molar-refractivity contribution in [2.24, 2.45) is 5.73 Å². The fraction of sp³-hybridized carbons (Fsp3) is 0.467. The highest BCUT2D eigenvalue weighted by Gasteiger charge is 2.15. The molecule has 5 nitrogen and oxygen atoms in total. The number of amides is 1. The third-order valence-corrected chi connectivity index (χ3v) is 3.74. The summed E-state index contributed by atoms with van der Waals surface area (Å²) in [6, 6.07) is 5.83. The molecule has 1 amide bonds. The van der Waals surface area contributed by atoms with Crippen molar-refractivity contribution in [1.82, 2.24) is 4.90 Å². The number of benzene rings is 1. The summed E-state index contributed by atoms with van der Waals surface area (Å²) in [5, 5.41) is 3.26. The molecule has 0 atom stereocenters. The van der Waals surface area contributed by atoms with Gasteiger partial charge in [-0.2, -0.15) is 0 Å². The van der Waals surface area contributed by atoms with Crippen LogP contribution in [0.5, 0.6) is 0 Å². The number of nitrogens with two attached hydrogens (primary N) is 1. The fourth-order valence-corrected chi connectivity index (χ4v) is 2.56. The normalized spacial score (nSPS) is 14.8. The molecule has 0 bridgehead atoms. The Kier molecular flexibility index (Phi) is 5.52. The molecule has 1 aliphatic rings. The van der Waals surface area contributed by atoms with E-state index in [0.717, 1.165) is 16.8 Å². The Labute approximate surface area is 130 Å². The zero-order valence-corrected chi connectivity index (χ0v) is 13.0. The topological polar surface area (TPSA) is 67.6 Å². The molecular formula is C15H21N3O2S. The van der Waals surface area contributed by atoms with Crippen LogP contribution < -0.4 is 11.1 Å². The fourth-order valence-electron chi connectivity index (χ4n) is 2.33. The van der Waals surface area contributed by atoms with Gasteiger partial charge in [-0.05, 0) is 30.7 Å². The molecule has 1 saturated heterocycles. The second-order valence-electron chi connectivity index (χ2n) is 5.06. The number of rotatable bonds is 5. The summed E-state index contributed by atoms with van der Waals surface area (Å²) in [5.74, 6) is 0.169. The molecule has 0 radical (unpaired) electrons. The Bertz CT molecular complexity index is 528. The van der Waals surface area contributed by atoms with E-state index in [0.29, 0.717) is 44.3 Å². The number of aryl methyl sites for hydroxylation is 1. The number of carbonyl (C=O) groups is 1. The van der Waals surface area contributed by atoms with Crippen LogP contribution in [-0.4, -0.2) is 48.6 Å². The monoisotopic (exact) mass is 307 g/mol. The van der Waals surface area contributed by atoms with Crippen molar-refractivity contribution in [2.45, 2.75) is 13.3 Å². The lowest BCUT2D eigenvalue weighted by molar-refractivity contribution is -0.134. The first-order valence-corrected chi connectivity index (χ1v) is 7.48. The first-order valence-electron chi connectivity index (χ1n) is 7.08. The maximum absolute atomic E-state index is 12.0. The summed E-state index contributed by atoms with van der Waals surface area (Å²) in [5.41, 5.74) is 8.54. The molecule has 1 heterocycles. The quantitative estimate of drug-likeness (QED) is 0.802. The Morgan fingerprint density at radius 1 is 1.43 bits per heavy atom. The number of ether oxygens (including phenoxy) is 1. The Morgan fingerprint density at radius 2 is 2.14 bits per heavy atom. The van der Waals surface area contributed by atoms with Gasteiger partial charge in [-0.1, -0.05) is 12.2 Å². The minimum atomic E-state index is 0.169. The summed E-state index contributed by atoms with van der Waals surface area (Å²) < 4.78 is 5.24. The van der Waals surface area contributed by atoms with Crippen molar-refractivity contribution in [3.63, 3.8) is 0 Å². The van der Waals surface area contributed by atoms with E-state index in [9.17, 15) is 4.79 Å². The summed E-state index contributed by atoms with van der Waals surface area (Å²) in [6.07, 6.45) is 0.482. The van der Waals surface area contributed by atoms with E-state index in [2.05, 4.69) is 5.32 Å². The highest BCUT2D eigenvalue weighted by molar-refractivity contribution is 7.80. The van der Waals surface area contributed by atoms with E-state index in [1.54, 1.807) is 0 Å². The van der Waals surface area contributed by atoms with Gasteiger partial charge in [0, 0.05) is 37.3 Å². The predicted octanol–water partition coefficient (Wildman–Crippen LogP) is 1.29. The number of thiocarbonyl (C=S) groups is 1. The molecule has 3 N–H and O–H groups in total. The molecule has 1 aromatic rings. The second kappa shape index (κ2) is 7.38. The first kappa shape index (κ1) is 15.7. The van der Waals surface area contributed by atoms with Crippen molar-refractivity contribution in [1.29, 1.82) is 0 Å². The average Bonchev–Trinajstić information content (AvgIpc) is 2.47. The van der Waals surface area contributed by atoms with Gasteiger partial charge in [0.05, 0.1) is 13.2 Å². The number of anilines is 1. The maximum Gasteiger partial charge on any atom is 0.224 e. The molecule has 2 rings (SSSR count). The Balaban J connectivity index is 1.81. The summed E-state index contributed by atoms with van der Waals surface area (Å²) in [6.45, 7) is 5.25. The van der Waals surface area contributed by atoms with Gasteiger partial charge in [0.1, 0.15) is 4.99 Å². The van der Waals surface area contributed by atoms with Gasteiger partial charge in [0.15, 0.2) is 0 Å². The number of morpholine rings is 1. The van der Waals surface area contributed by atoms with E-state index in [-0.39, 0.29) is 5.91 Å². The molecule has 1 aromatic carbocycles. The number of hydrogen-bond donors (Lipinski definition) is 2. The van der Waals surface area contributed by atoms with Crippen LogP contribution >= 0.6 is 12.2 Å². The second-order valence-corrected chi connectivity index (χ2v) is 5.50. The molecule has 0 aliphatic carbocycles. The van der Waals surface area contributed by atoms with Crippen LogP contribution in [0, 0.1) is 6.92 Å². The lowest BCUT2D eigenvalue weighted by Gasteiger charge is -2.26. The van der Waals surface area contributed by atoms with E-state index in [1.807, 2.05) is 30.0 Å². The van der Waals surface area contributed by atoms with Crippen LogP contribution in [0.4, 0.5) is 5.69 Å². The average molecular weight is 307 g/mol. The minimum Gasteiger partial charge on any atom is -0.389 e. The molecule has 6 heteroatoms. The zero-order chi connectivity index (χ0) is 15.2. The molecule has 0 unspecified atom stereocenters. The first-order chi connectivity index (χ1) is 10.1. The van der Waals surface area contributed by atoms with Crippen molar-refractivity contribution in [2.75, 3.05) is 38.2 Å². The highest BCUT2D eigenvalue weighted by atomic mass is 32.1. The summed E-state index contributed by atoms with van der Waals surface area (Å²) in [7, 11) is 0. The summed E-state index contributed by atoms with van der Waals surface area (Å²) in [4.78, 5) is 14.3. The van der Waals surface area contributed by atoms with E-state index >= 15 is 0 Å². The van der Waals surface area contributed by atoms with Crippen LogP contribution in [0.3, 0.4) is 0 Å². The number of hydrogen-bond acceptors (Lipinski definition) is 4. The van der Waals surface area contributed by atoms with Crippen LogP contribution in [0.2, 0.25) is 0 Å². The van der Waals surface area contributed by atoms with Crippen LogP contribution in [-0.2, 0) is 9.53 Å². The standard InChI is InChI=1S/C15H21N3O2S/c1-11-10-12(2-3-13(11)15(16)21)17-5-4-14(19)18-6-8-20-9-7-18/h2-3,10,17H,4-9H2,1H3,(H2,16,21). The van der Waals surface area contributed by atoms with Crippen LogP contribution in [0.15, 0.2) is 18.2 Å². The third-order valence-electron chi connectivity index (χ3n) is 3.52. The van der Waals surface area contributed by atoms with Gasteiger partial charge in [-0.3, -0.25) is 4.79 Å². The number of nitrogens with zero attached hydrogens (tertiary/aromatic N) is 1. The van der Waals surface area contributed by atoms with Crippen molar-refractivity contribution >= 4 is 28.8 Å². The predicted molar refractivity (Wildman–Crippen MR) is 87.6 cm³/mol. The SMILES string of the molecule is Cc1cc(NCCC(=O)N2CCOCC2)ccc1C(N)=S. The van der Waals surface area contributed by atoms with Gasteiger partial charge < -0.3 is 20.7 Å². The molecule has 1 fully saturated rings. The third kappa shape index (κ3) is 4.41. The van der Waals surface area contributed by atoms with Crippen molar-refractivity contribution < 1.29 is 9.53 Å². The molecule has 21 heavy (non-hydrogen) atoms. The number of carbonyl (C=O) groups excluding carboxylic acids is 1. The molecule has 114 valence electrons. The largest absolute Gasteiger partial charge is 0.389 e. The van der Waals surface area contributed by atoms with Gasteiger partial charge in [-0.25, -0.2) is 0 Å². The minimum absolute atomic E-state index is 0.169. The maximum atomic E-state index is 12.0.